The van der Waals surface area contributed by atoms with Gasteiger partial charge < -0.3 is 4.57 Å². The third-order valence-electron chi connectivity index (χ3n) is 8.37. The Morgan fingerprint density at radius 2 is 1.28 bits per heavy atom. The van der Waals surface area contributed by atoms with E-state index in [1.165, 1.54) is 4.90 Å². The molecule has 1 aliphatic heterocycles. The Labute approximate surface area is 248 Å². The van der Waals surface area contributed by atoms with Gasteiger partial charge >= 0.3 is 0 Å². The fourth-order valence-corrected chi connectivity index (χ4v) is 6.40. The van der Waals surface area contributed by atoms with Gasteiger partial charge in [-0.2, -0.15) is 0 Å². The minimum absolute atomic E-state index is 0.320. The number of imide groups is 1. The van der Waals surface area contributed by atoms with Gasteiger partial charge in [0.25, 0.3) is 11.8 Å². The molecular formula is C38H25N3O2. The molecule has 2 amide bonds. The fraction of sp³-hybridized carbons (Fsp3) is 0.0263. The van der Waals surface area contributed by atoms with Crippen molar-refractivity contribution in [2.75, 3.05) is 4.90 Å². The molecule has 2 aromatic heterocycles. The van der Waals surface area contributed by atoms with E-state index in [0.29, 0.717) is 22.5 Å². The molecule has 0 unspecified atom stereocenters. The Morgan fingerprint density at radius 1 is 0.558 bits per heavy atom. The molecule has 5 nitrogen and oxygen atoms in total. The summed E-state index contributed by atoms with van der Waals surface area (Å²) in [6, 6.07) is 39.6. The van der Waals surface area contributed by atoms with Crippen LogP contribution in [-0.4, -0.2) is 21.4 Å². The van der Waals surface area contributed by atoms with Gasteiger partial charge in [-0.15, -0.1) is 0 Å². The number of aryl methyl sites for hydroxylation is 1. The molecule has 204 valence electrons. The van der Waals surface area contributed by atoms with Crippen molar-refractivity contribution >= 4 is 39.3 Å². The van der Waals surface area contributed by atoms with Gasteiger partial charge in [0.2, 0.25) is 0 Å². The van der Waals surface area contributed by atoms with E-state index >= 15 is 0 Å². The summed E-state index contributed by atoms with van der Waals surface area (Å²) in [5.74, 6) is -0.648. The zero-order valence-electron chi connectivity index (χ0n) is 23.4. The Hall–Kier alpha value is -5.81. The Balaban J connectivity index is 1.36. The minimum Gasteiger partial charge on any atom is -0.308 e. The summed E-state index contributed by atoms with van der Waals surface area (Å²) in [5.41, 5.74) is 9.01. The van der Waals surface area contributed by atoms with Crippen LogP contribution in [0.3, 0.4) is 0 Å². The third-order valence-corrected chi connectivity index (χ3v) is 8.37. The van der Waals surface area contributed by atoms with Crippen LogP contribution in [0.15, 0.2) is 134 Å². The molecule has 7 aromatic rings. The zero-order chi connectivity index (χ0) is 29.1. The van der Waals surface area contributed by atoms with E-state index < -0.39 is 0 Å². The Morgan fingerprint density at radius 3 is 2.14 bits per heavy atom. The topological polar surface area (TPSA) is 55.2 Å². The van der Waals surface area contributed by atoms with E-state index in [1.807, 2.05) is 91.1 Å². The number of hydrogen-bond donors (Lipinski definition) is 0. The first kappa shape index (κ1) is 24.9. The second-order valence-corrected chi connectivity index (χ2v) is 10.8. The number of anilines is 1. The number of benzene rings is 5. The van der Waals surface area contributed by atoms with Crippen molar-refractivity contribution in [3.05, 3.63) is 150 Å². The van der Waals surface area contributed by atoms with Crippen LogP contribution in [-0.2, 0) is 0 Å². The van der Waals surface area contributed by atoms with E-state index in [0.717, 1.165) is 49.6 Å². The number of pyridine rings is 1. The average molecular weight is 556 g/mol. The van der Waals surface area contributed by atoms with Gasteiger partial charge in [0, 0.05) is 28.7 Å². The Bertz CT molecular complexity index is 2250. The first-order valence-corrected chi connectivity index (χ1v) is 14.2. The second-order valence-electron chi connectivity index (χ2n) is 10.8. The van der Waals surface area contributed by atoms with Gasteiger partial charge in [-0.25, -0.2) is 4.90 Å². The van der Waals surface area contributed by atoms with Crippen LogP contribution in [0.2, 0.25) is 0 Å². The van der Waals surface area contributed by atoms with E-state index in [1.54, 1.807) is 12.3 Å². The van der Waals surface area contributed by atoms with Crippen molar-refractivity contribution in [2.45, 2.75) is 6.92 Å². The lowest BCUT2D eigenvalue weighted by Gasteiger charge is -2.18. The van der Waals surface area contributed by atoms with Crippen molar-refractivity contribution < 1.29 is 9.59 Å². The maximum absolute atomic E-state index is 14.4. The molecule has 0 bridgehead atoms. The summed E-state index contributed by atoms with van der Waals surface area (Å²) < 4.78 is 2.13. The molecule has 0 N–H and O–H groups in total. The van der Waals surface area contributed by atoms with Crippen LogP contribution in [0.4, 0.5) is 5.69 Å². The van der Waals surface area contributed by atoms with Crippen LogP contribution < -0.4 is 4.90 Å². The van der Waals surface area contributed by atoms with Crippen LogP contribution in [0, 0.1) is 6.92 Å². The highest BCUT2D eigenvalue weighted by atomic mass is 16.2. The predicted molar refractivity (Wildman–Crippen MR) is 172 cm³/mol. The van der Waals surface area contributed by atoms with Crippen molar-refractivity contribution in [3.8, 4) is 27.9 Å². The smallest absolute Gasteiger partial charge is 0.268 e. The molecular weight excluding hydrogens is 530 g/mol. The maximum atomic E-state index is 14.4. The van der Waals surface area contributed by atoms with Gasteiger partial charge in [-0.05, 0) is 65.6 Å². The number of fused-ring (bicyclic) bond motifs is 4. The van der Waals surface area contributed by atoms with Gasteiger partial charge in [-0.1, -0.05) is 84.9 Å². The molecule has 8 rings (SSSR count). The third kappa shape index (κ3) is 3.75. The van der Waals surface area contributed by atoms with E-state index in [-0.39, 0.29) is 11.8 Å². The number of aromatic nitrogens is 2. The number of carbonyl (C=O) groups excluding carboxylic acids is 2. The standard InChI is InChI=1S/C38H25N3O2/c1-24-23-39-21-20-27(24)26-18-19-30-29-13-6-8-16-33(29)40(35(30)22-26)34-17-9-14-31-36(34)38(43)41(37(31)42)32-15-7-5-12-28(32)25-10-3-2-4-11-25/h2-23H,1H3. The summed E-state index contributed by atoms with van der Waals surface area (Å²) >= 11 is 0. The first-order valence-electron chi connectivity index (χ1n) is 14.2. The number of nitrogens with zero attached hydrogens (tertiary/aromatic N) is 3. The van der Waals surface area contributed by atoms with Gasteiger partial charge in [0.05, 0.1) is 33.5 Å². The van der Waals surface area contributed by atoms with E-state index in [4.69, 9.17) is 0 Å². The Kier molecular flexibility index (Phi) is 5.59. The molecule has 3 heterocycles. The van der Waals surface area contributed by atoms with Crippen LogP contribution in [0.25, 0.3) is 49.7 Å². The molecule has 43 heavy (non-hydrogen) atoms. The van der Waals surface area contributed by atoms with Crippen LogP contribution >= 0.6 is 0 Å². The van der Waals surface area contributed by atoms with Gasteiger partial charge in [-0.3, -0.25) is 14.6 Å². The molecule has 0 spiro atoms. The molecule has 0 aliphatic carbocycles. The molecule has 5 aromatic carbocycles. The van der Waals surface area contributed by atoms with Crippen molar-refractivity contribution in [2.24, 2.45) is 0 Å². The van der Waals surface area contributed by atoms with Crippen molar-refractivity contribution in [3.63, 3.8) is 0 Å². The van der Waals surface area contributed by atoms with Gasteiger partial charge in [0.1, 0.15) is 0 Å². The lowest BCUT2D eigenvalue weighted by molar-refractivity contribution is 0.0926. The van der Waals surface area contributed by atoms with Crippen LogP contribution in [0.5, 0.6) is 0 Å². The van der Waals surface area contributed by atoms with E-state index in [2.05, 4.69) is 46.8 Å². The molecule has 0 saturated heterocycles. The van der Waals surface area contributed by atoms with Crippen molar-refractivity contribution in [1.29, 1.82) is 0 Å². The highest BCUT2D eigenvalue weighted by molar-refractivity contribution is 6.36. The van der Waals surface area contributed by atoms with Crippen LogP contribution in [0.1, 0.15) is 26.3 Å². The highest BCUT2D eigenvalue weighted by Crippen LogP contribution is 2.41. The zero-order valence-corrected chi connectivity index (χ0v) is 23.4. The molecule has 0 radical (unpaired) electrons. The largest absolute Gasteiger partial charge is 0.308 e. The summed E-state index contributed by atoms with van der Waals surface area (Å²) in [4.78, 5) is 34.0. The number of carbonyl (C=O) groups is 2. The number of hydrogen-bond acceptors (Lipinski definition) is 3. The number of rotatable bonds is 4. The summed E-state index contributed by atoms with van der Waals surface area (Å²) in [7, 11) is 0. The molecule has 0 atom stereocenters. The van der Waals surface area contributed by atoms with E-state index in [9.17, 15) is 9.59 Å². The van der Waals surface area contributed by atoms with Gasteiger partial charge in [0.15, 0.2) is 0 Å². The summed E-state index contributed by atoms with van der Waals surface area (Å²) in [6.07, 6.45) is 3.67. The quantitative estimate of drug-likeness (QED) is 0.204. The first-order chi connectivity index (χ1) is 21.1. The lowest BCUT2D eigenvalue weighted by Crippen LogP contribution is -2.30. The molecule has 0 fully saturated rings. The lowest BCUT2D eigenvalue weighted by atomic mass is 10.0. The summed E-state index contributed by atoms with van der Waals surface area (Å²) in [6.45, 7) is 2.05. The monoisotopic (exact) mass is 555 g/mol. The predicted octanol–water partition coefficient (Wildman–Crippen LogP) is 8.62. The minimum atomic E-state index is -0.328. The normalized spacial score (nSPS) is 12.8. The highest BCUT2D eigenvalue weighted by Gasteiger charge is 2.40. The SMILES string of the molecule is Cc1cnccc1-c1ccc2c3ccccc3n(-c3cccc4c3C(=O)N(c3ccccc3-c3ccccc3)C4=O)c2c1. The number of para-hydroxylation sites is 2. The second kappa shape index (κ2) is 9.64. The molecule has 5 heteroatoms. The average Bonchev–Trinajstić information content (AvgIpc) is 3.52. The fourth-order valence-electron chi connectivity index (χ4n) is 6.40. The number of amides is 2. The van der Waals surface area contributed by atoms with Crippen molar-refractivity contribution in [1.82, 2.24) is 9.55 Å². The summed E-state index contributed by atoms with van der Waals surface area (Å²) in [5, 5.41) is 2.16. The molecule has 0 saturated carbocycles. The maximum Gasteiger partial charge on any atom is 0.268 e. The molecule has 1 aliphatic rings.